The van der Waals surface area contributed by atoms with E-state index in [1.165, 1.54) is 12.7 Å². The van der Waals surface area contributed by atoms with Crippen LogP contribution in [0.5, 0.6) is 5.75 Å². The molecule has 0 fully saturated rings. The molecule has 5 heteroatoms. The highest BCUT2D eigenvalue weighted by molar-refractivity contribution is 5.89. The van der Waals surface area contributed by atoms with Crippen molar-refractivity contribution in [3.63, 3.8) is 0 Å². The van der Waals surface area contributed by atoms with E-state index in [1.807, 2.05) is 25.1 Å². The van der Waals surface area contributed by atoms with Gasteiger partial charge in [0.15, 0.2) is 6.10 Å². The van der Waals surface area contributed by atoms with Crippen molar-refractivity contribution in [1.82, 2.24) is 5.32 Å². The van der Waals surface area contributed by atoms with Crippen LogP contribution in [0.2, 0.25) is 0 Å². The molecule has 1 amide bonds. The zero-order valence-corrected chi connectivity index (χ0v) is 15.4. The molecule has 0 aromatic heterocycles. The average Bonchev–Trinajstić information content (AvgIpc) is 2.67. The van der Waals surface area contributed by atoms with Crippen molar-refractivity contribution in [2.75, 3.05) is 7.11 Å². The predicted molar refractivity (Wildman–Crippen MR) is 100 cm³/mol. The number of rotatable bonds is 8. The molecule has 0 radical (unpaired) electrons. The fourth-order valence-electron chi connectivity index (χ4n) is 2.51. The third-order valence-electron chi connectivity index (χ3n) is 4.06. The topological polar surface area (TPSA) is 64.6 Å². The summed E-state index contributed by atoms with van der Waals surface area (Å²) < 4.78 is 10.3. The van der Waals surface area contributed by atoms with E-state index >= 15 is 0 Å². The summed E-state index contributed by atoms with van der Waals surface area (Å²) in [5.41, 5.74) is 1.69. The Balaban J connectivity index is 1.80. The summed E-state index contributed by atoms with van der Waals surface area (Å²) in [5.74, 6) is -0.0468. The second-order valence-corrected chi connectivity index (χ2v) is 6.21. The number of methoxy groups -OCH3 is 1. The van der Waals surface area contributed by atoms with E-state index in [-0.39, 0.29) is 11.9 Å². The molecule has 2 atom stereocenters. The van der Waals surface area contributed by atoms with Gasteiger partial charge in [-0.15, -0.1) is 0 Å². The molecule has 0 unspecified atom stereocenters. The molecule has 2 rings (SSSR count). The fourth-order valence-corrected chi connectivity index (χ4v) is 2.51. The quantitative estimate of drug-likeness (QED) is 0.737. The van der Waals surface area contributed by atoms with Gasteiger partial charge in [-0.05, 0) is 56.5 Å². The Bertz CT molecular complexity index is 713. The van der Waals surface area contributed by atoms with Gasteiger partial charge in [0.25, 0.3) is 5.91 Å². The predicted octanol–water partition coefficient (Wildman–Crippen LogP) is 3.38. The Hall–Kier alpha value is -2.82. The summed E-state index contributed by atoms with van der Waals surface area (Å²) >= 11 is 0. The fraction of sp³-hybridized carbons (Fsp3) is 0.333. The van der Waals surface area contributed by atoms with Crippen LogP contribution >= 0.6 is 0 Å². The number of ether oxygens (including phenoxy) is 2. The lowest BCUT2D eigenvalue weighted by atomic mass is 10.1. The minimum Gasteiger partial charge on any atom is -0.481 e. The second kappa shape index (κ2) is 9.61. The maximum absolute atomic E-state index is 12.3. The maximum atomic E-state index is 12.3. The van der Waals surface area contributed by atoms with Gasteiger partial charge in [-0.1, -0.05) is 30.3 Å². The Morgan fingerprint density at radius 2 is 1.65 bits per heavy atom. The summed E-state index contributed by atoms with van der Waals surface area (Å²) in [4.78, 5) is 23.7. The number of nitrogens with one attached hydrogen (secondary N) is 1. The molecule has 26 heavy (non-hydrogen) atoms. The number of esters is 1. The van der Waals surface area contributed by atoms with Gasteiger partial charge in [0.05, 0.1) is 12.7 Å². The van der Waals surface area contributed by atoms with Crippen molar-refractivity contribution in [2.24, 2.45) is 0 Å². The Labute approximate surface area is 154 Å². The van der Waals surface area contributed by atoms with E-state index in [2.05, 4.69) is 22.2 Å². The van der Waals surface area contributed by atoms with Crippen LogP contribution in [-0.2, 0) is 16.0 Å². The number of hydrogen-bond donors (Lipinski definition) is 1. The van der Waals surface area contributed by atoms with Crippen molar-refractivity contribution in [1.29, 1.82) is 0 Å². The molecule has 0 spiro atoms. The van der Waals surface area contributed by atoms with Gasteiger partial charge in [0.2, 0.25) is 0 Å². The van der Waals surface area contributed by atoms with E-state index in [0.29, 0.717) is 11.3 Å². The lowest BCUT2D eigenvalue weighted by Crippen LogP contribution is -2.41. The third kappa shape index (κ3) is 5.92. The maximum Gasteiger partial charge on any atom is 0.337 e. The van der Waals surface area contributed by atoms with Crippen LogP contribution in [0.15, 0.2) is 54.6 Å². The van der Waals surface area contributed by atoms with Crippen molar-refractivity contribution in [3.8, 4) is 5.75 Å². The van der Waals surface area contributed by atoms with Gasteiger partial charge in [-0.3, -0.25) is 4.79 Å². The molecule has 0 saturated carbocycles. The van der Waals surface area contributed by atoms with Crippen molar-refractivity contribution in [3.05, 3.63) is 65.7 Å². The highest BCUT2D eigenvalue weighted by atomic mass is 16.5. The zero-order chi connectivity index (χ0) is 18.9. The van der Waals surface area contributed by atoms with Gasteiger partial charge >= 0.3 is 5.97 Å². The number of hydrogen-bond acceptors (Lipinski definition) is 4. The molecule has 0 bridgehead atoms. The molecular weight excluding hydrogens is 330 g/mol. The normalized spacial score (nSPS) is 12.7. The molecule has 1 N–H and O–H groups in total. The van der Waals surface area contributed by atoms with Gasteiger partial charge in [0, 0.05) is 6.04 Å². The summed E-state index contributed by atoms with van der Waals surface area (Å²) in [6, 6.07) is 16.7. The molecule has 0 saturated heterocycles. The van der Waals surface area contributed by atoms with Crippen LogP contribution in [0.3, 0.4) is 0 Å². The van der Waals surface area contributed by atoms with Gasteiger partial charge < -0.3 is 14.8 Å². The Morgan fingerprint density at radius 1 is 1.00 bits per heavy atom. The molecule has 0 aliphatic rings. The van der Waals surface area contributed by atoms with Gasteiger partial charge in [0.1, 0.15) is 5.75 Å². The van der Waals surface area contributed by atoms with E-state index < -0.39 is 12.1 Å². The van der Waals surface area contributed by atoms with E-state index in [4.69, 9.17) is 4.74 Å². The molecule has 0 aliphatic heterocycles. The third-order valence-corrected chi connectivity index (χ3v) is 4.06. The van der Waals surface area contributed by atoms with Gasteiger partial charge in [-0.25, -0.2) is 4.79 Å². The van der Waals surface area contributed by atoms with Crippen molar-refractivity contribution >= 4 is 11.9 Å². The first-order chi connectivity index (χ1) is 12.5. The minimum absolute atomic E-state index is 0.0513. The Morgan fingerprint density at radius 3 is 2.27 bits per heavy atom. The molecular formula is C21H25NO4. The van der Waals surface area contributed by atoms with E-state index in [0.717, 1.165) is 12.8 Å². The van der Waals surface area contributed by atoms with Crippen LogP contribution in [-0.4, -0.2) is 31.1 Å². The number of aryl methyl sites for hydroxylation is 1. The summed E-state index contributed by atoms with van der Waals surface area (Å²) in [5, 5.41) is 2.97. The van der Waals surface area contributed by atoms with Crippen LogP contribution in [0, 0.1) is 0 Å². The minimum atomic E-state index is -0.627. The van der Waals surface area contributed by atoms with Crippen LogP contribution in [0.4, 0.5) is 0 Å². The largest absolute Gasteiger partial charge is 0.481 e. The monoisotopic (exact) mass is 355 g/mol. The molecule has 138 valence electrons. The first-order valence-electron chi connectivity index (χ1n) is 8.69. The summed E-state index contributed by atoms with van der Waals surface area (Å²) in [6.07, 6.45) is 1.14. The number of amides is 1. The second-order valence-electron chi connectivity index (χ2n) is 6.21. The molecule has 5 nitrogen and oxygen atoms in total. The Kier molecular flexibility index (Phi) is 7.21. The lowest BCUT2D eigenvalue weighted by Gasteiger charge is -2.19. The highest BCUT2D eigenvalue weighted by Crippen LogP contribution is 2.15. The van der Waals surface area contributed by atoms with E-state index in [1.54, 1.807) is 31.2 Å². The first-order valence-corrected chi connectivity index (χ1v) is 8.69. The highest BCUT2D eigenvalue weighted by Gasteiger charge is 2.17. The summed E-state index contributed by atoms with van der Waals surface area (Å²) in [7, 11) is 1.33. The first kappa shape index (κ1) is 19.5. The lowest BCUT2D eigenvalue weighted by molar-refractivity contribution is -0.127. The number of benzene rings is 2. The van der Waals surface area contributed by atoms with E-state index in [9.17, 15) is 9.59 Å². The SMILES string of the molecule is COC(=O)c1ccc(O[C@H](C)C(=O)N[C@H](C)CCc2ccccc2)cc1. The van der Waals surface area contributed by atoms with Crippen LogP contribution in [0.1, 0.15) is 36.2 Å². The van der Waals surface area contributed by atoms with Crippen LogP contribution in [0.25, 0.3) is 0 Å². The summed E-state index contributed by atoms with van der Waals surface area (Å²) in [6.45, 7) is 3.69. The smallest absolute Gasteiger partial charge is 0.337 e. The molecule has 0 aliphatic carbocycles. The number of carbonyl (C=O) groups is 2. The average molecular weight is 355 g/mol. The van der Waals surface area contributed by atoms with Crippen LogP contribution < -0.4 is 10.1 Å². The van der Waals surface area contributed by atoms with Gasteiger partial charge in [-0.2, -0.15) is 0 Å². The van der Waals surface area contributed by atoms with Crippen molar-refractivity contribution < 1.29 is 19.1 Å². The molecule has 0 heterocycles. The molecule has 2 aromatic carbocycles. The number of carbonyl (C=O) groups excluding carboxylic acids is 2. The molecule has 2 aromatic rings. The standard InChI is InChI=1S/C21H25NO4/c1-15(9-10-17-7-5-4-6-8-17)22-20(23)16(2)26-19-13-11-18(12-14-19)21(24)25-3/h4-8,11-16H,9-10H2,1-3H3,(H,22,23)/t15-,16-/m1/s1. The van der Waals surface area contributed by atoms with Crippen molar-refractivity contribution in [2.45, 2.75) is 38.8 Å². The zero-order valence-electron chi connectivity index (χ0n) is 15.4.